The molecule has 0 atom stereocenters. The van der Waals surface area contributed by atoms with Crippen molar-refractivity contribution >= 4 is 5.91 Å². The van der Waals surface area contributed by atoms with Crippen molar-refractivity contribution in [1.82, 2.24) is 14.7 Å². The molecule has 0 aromatic carbocycles. The molecule has 0 bridgehead atoms. The van der Waals surface area contributed by atoms with Gasteiger partial charge in [0.1, 0.15) is 0 Å². The van der Waals surface area contributed by atoms with E-state index < -0.39 is 0 Å². The van der Waals surface area contributed by atoms with E-state index in [4.69, 9.17) is 0 Å². The molecule has 0 spiro atoms. The van der Waals surface area contributed by atoms with Gasteiger partial charge >= 0.3 is 0 Å². The van der Waals surface area contributed by atoms with Crippen LogP contribution in [0.5, 0.6) is 0 Å². The van der Waals surface area contributed by atoms with Crippen molar-refractivity contribution in [3.63, 3.8) is 0 Å². The normalized spacial score (nSPS) is 16.9. The smallest absolute Gasteiger partial charge is 0.274 e. The molecule has 0 unspecified atom stereocenters. The van der Waals surface area contributed by atoms with E-state index in [0.717, 1.165) is 5.69 Å². The predicted molar refractivity (Wildman–Crippen MR) is 73.2 cm³/mol. The van der Waals surface area contributed by atoms with Crippen LogP contribution >= 0.6 is 0 Å². The van der Waals surface area contributed by atoms with Gasteiger partial charge in [0.05, 0.1) is 11.6 Å². The van der Waals surface area contributed by atoms with Crippen molar-refractivity contribution in [2.45, 2.75) is 52.2 Å². The first-order chi connectivity index (χ1) is 8.70. The van der Waals surface area contributed by atoms with Gasteiger partial charge in [-0.1, -0.05) is 13.8 Å². The number of hydrogen-bond acceptors (Lipinski definition) is 3. The Morgan fingerprint density at radius 2 is 2.00 bits per heavy atom. The minimum Gasteiger partial charge on any atom is -0.389 e. The summed E-state index contributed by atoms with van der Waals surface area (Å²) in [7, 11) is 0. The molecule has 1 aromatic heterocycles. The van der Waals surface area contributed by atoms with E-state index in [2.05, 4.69) is 39.7 Å². The molecule has 0 aliphatic carbocycles. The van der Waals surface area contributed by atoms with E-state index in [1.807, 2.05) is 10.7 Å². The van der Waals surface area contributed by atoms with Gasteiger partial charge in [-0.25, -0.2) is 0 Å². The lowest BCUT2D eigenvalue weighted by molar-refractivity contribution is 0.00541. The van der Waals surface area contributed by atoms with Crippen LogP contribution in [-0.2, 0) is 5.54 Å². The molecule has 1 saturated heterocycles. The van der Waals surface area contributed by atoms with Gasteiger partial charge in [0.25, 0.3) is 5.91 Å². The fourth-order valence-corrected chi connectivity index (χ4v) is 2.23. The largest absolute Gasteiger partial charge is 0.389 e. The van der Waals surface area contributed by atoms with Gasteiger partial charge in [-0.05, 0) is 32.8 Å². The lowest BCUT2D eigenvalue weighted by Gasteiger charge is -2.35. The summed E-state index contributed by atoms with van der Waals surface area (Å²) in [6.07, 6.45) is -0.377. The van der Waals surface area contributed by atoms with E-state index >= 15 is 0 Å². The quantitative estimate of drug-likeness (QED) is 0.883. The Bertz CT molecular complexity index is 479. The number of nitrogens with zero attached hydrogens (tertiary/aromatic N) is 3. The highest BCUT2D eigenvalue weighted by atomic mass is 16.3. The van der Waals surface area contributed by atoms with Crippen molar-refractivity contribution in [2.24, 2.45) is 0 Å². The summed E-state index contributed by atoms with van der Waals surface area (Å²) in [6.45, 7) is 11.3. The van der Waals surface area contributed by atoms with Crippen LogP contribution < -0.4 is 0 Å². The summed E-state index contributed by atoms with van der Waals surface area (Å²) in [4.78, 5) is 13.9. The van der Waals surface area contributed by atoms with E-state index in [0.29, 0.717) is 24.7 Å². The molecule has 2 heterocycles. The average Bonchev–Trinajstić information content (AvgIpc) is 2.68. The Morgan fingerprint density at radius 3 is 2.37 bits per heavy atom. The molecule has 1 fully saturated rings. The molecule has 5 heteroatoms. The van der Waals surface area contributed by atoms with Crippen LogP contribution in [0.1, 0.15) is 56.7 Å². The summed E-state index contributed by atoms with van der Waals surface area (Å²) in [5.41, 5.74) is 1.40. The van der Waals surface area contributed by atoms with E-state index in [1.165, 1.54) is 0 Å². The zero-order valence-electron chi connectivity index (χ0n) is 12.3. The first-order valence-corrected chi connectivity index (χ1v) is 6.78. The first-order valence-electron chi connectivity index (χ1n) is 6.78. The van der Waals surface area contributed by atoms with Crippen LogP contribution in [-0.4, -0.2) is 44.9 Å². The van der Waals surface area contributed by atoms with Crippen molar-refractivity contribution in [3.05, 3.63) is 17.5 Å². The average molecular weight is 265 g/mol. The highest BCUT2D eigenvalue weighted by molar-refractivity contribution is 5.93. The molecule has 1 aliphatic rings. The van der Waals surface area contributed by atoms with Gasteiger partial charge in [0.2, 0.25) is 0 Å². The number of hydrogen-bond donors (Lipinski definition) is 1. The Labute approximate surface area is 114 Å². The van der Waals surface area contributed by atoms with Crippen LogP contribution in [0.4, 0.5) is 0 Å². The van der Waals surface area contributed by atoms with Crippen LogP contribution in [0.3, 0.4) is 0 Å². The van der Waals surface area contributed by atoms with Crippen LogP contribution in [0, 0.1) is 0 Å². The molecular formula is C14H23N3O2. The summed E-state index contributed by atoms with van der Waals surface area (Å²) in [5, 5.41) is 13.7. The summed E-state index contributed by atoms with van der Waals surface area (Å²) in [6, 6.07) is 1.88. The highest BCUT2D eigenvalue weighted by Gasteiger charge is 2.32. The minimum atomic E-state index is -0.377. The van der Waals surface area contributed by atoms with Gasteiger partial charge in [0, 0.05) is 18.8 Å². The molecule has 1 aromatic rings. The molecule has 19 heavy (non-hydrogen) atoms. The third kappa shape index (κ3) is 2.66. The molecule has 0 saturated carbocycles. The zero-order chi connectivity index (χ0) is 14.4. The molecule has 1 amide bonds. The summed E-state index contributed by atoms with van der Waals surface area (Å²) < 4.78 is 1.93. The third-order valence-electron chi connectivity index (χ3n) is 3.33. The highest BCUT2D eigenvalue weighted by Crippen LogP contribution is 2.24. The molecule has 1 N–H and O–H groups in total. The number of aliphatic hydroxyl groups is 1. The monoisotopic (exact) mass is 265 g/mol. The third-order valence-corrected chi connectivity index (χ3v) is 3.33. The number of aromatic nitrogens is 2. The SMILES string of the molecule is CC(C)c1cc(C(=O)N2CC(O)C2)nn1C(C)(C)C. The second-order valence-corrected chi connectivity index (χ2v) is 6.56. The van der Waals surface area contributed by atoms with Crippen LogP contribution in [0.2, 0.25) is 0 Å². The fraction of sp³-hybridized carbons (Fsp3) is 0.714. The Morgan fingerprint density at radius 1 is 1.42 bits per heavy atom. The van der Waals surface area contributed by atoms with Crippen LogP contribution in [0.25, 0.3) is 0 Å². The maximum atomic E-state index is 12.2. The van der Waals surface area contributed by atoms with E-state index in [9.17, 15) is 9.90 Å². The Balaban J connectivity index is 2.30. The van der Waals surface area contributed by atoms with Gasteiger partial charge in [0.15, 0.2) is 5.69 Å². The van der Waals surface area contributed by atoms with Crippen molar-refractivity contribution in [1.29, 1.82) is 0 Å². The second kappa shape index (κ2) is 4.63. The van der Waals surface area contributed by atoms with E-state index in [-0.39, 0.29) is 17.6 Å². The number of likely N-dealkylation sites (tertiary alicyclic amines) is 1. The number of amides is 1. The van der Waals surface area contributed by atoms with E-state index in [1.54, 1.807) is 4.90 Å². The first kappa shape index (κ1) is 14.1. The molecule has 5 nitrogen and oxygen atoms in total. The lowest BCUT2D eigenvalue weighted by Crippen LogP contribution is -2.53. The zero-order valence-corrected chi connectivity index (χ0v) is 12.3. The van der Waals surface area contributed by atoms with Crippen LogP contribution in [0.15, 0.2) is 6.07 Å². The van der Waals surface area contributed by atoms with Crippen molar-refractivity contribution < 1.29 is 9.90 Å². The molecule has 106 valence electrons. The van der Waals surface area contributed by atoms with Gasteiger partial charge in [-0.15, -0.1) is 0 Å². The van der Waals surface area contributed by atoms with Gasteiger partial charge in [-0.2, -0.15) is 5.10 Å². The number of aliphatic hydroxyl groups excluding tert-OH is 1. The van der Waals surface area contributed by atoms with Gasteiger partial charge < -0.3 is 10.0 Å². The maximum Gasteiger partial charge on any atom is 0.274 e. The molecule has 0 radical (unpaired) electrons. The standard InChI is InChI=1S/C14H23N3O2/c1-9(2)12-6-11(15-17(12)14(3,4)5)13(19)16-7-10(18)8-16/h6,9-10,18H,7-8H2,1-5H3. The molecule has 1 aliphatic heterocycles. The molecular weight excluding hydrogens is 242 g/mol. The predicted octanol–water partition coefficient (Wildman–Crippen LogP) is 1.58. The topological polar surface area (TPSA) is 58.4 Å². The maximum absolute atomic E-state index is 12.2. The second-order valence-electron chi connectivity index (χ2n) is 6.56. The number of β-amino-alcohol motifs (C(OH)–C–C–N with tert-alkyl or cyclic N) is 1. The Hall–Kier alpha value is -1.36. The summed E-state index contributed by atoms with van der Waals surface area (Å²) >= 11 is 0. The minimum absolute atomic E-state index is 0.0878. The number of rotatable bonds is 2. The Kier molecular flexibility index (Phi) is 3.43. The number of carbonyl (C=O) groups is 1. The fourth-order valence-electron chi connectivity index (χ4n) is 2.23. The summed E-state index contributed by atoms with van der Waals surface area (Å²) in [5.74, 6) is 0.227. The van der Waals surface area contributed by atoms with Crippen molar-refractivity contribution in [2.75, 3.05) is 13.1 Å². The number of carbonyl (C=O) groups excluding carboxylic acids is 1. The van der Waals surface area contributed by atoms with Crippen molar-refractivity contribution in [3.8, 4) is 0 Å². The van der Waals surface area contributed by atoms with Gasteiger partial charge in [-0.3, -0.25) is 9.48 Å². The molecule has 2 rings (SSSR count). The lowest BCUT2D eigenvalue weighted by atomic mass is 10.1.